The van der Waals surface area contributed by atoms with Crippen LogP contribution < -0.4 is 10.1 Å². The molecule has 32 heavy (non-hydrogen) atoms. The number of ether oxygens (including phenoxy) is 2. The Hall–Kier alpha value is -3.38. The Labute approximate surface area is 192 Å². The van der Waals surface area contributed by atoms with E-state index in [0.717, 1.165) is 40.2 Å². The molecule has 0 spiro atoms. The molecule has 166 valence electrons. The summed E-state index contributed by atoms with van der Waals surface area (Å²) in [4.78, 5) is 26.2. The highest BCUT2D eigenvalue weighted by molar-refractivity contribution is 7.17. The van der Waals surface area contributed by atoms with Crippen LogP contribution in [0.2, 0.25) is 0 Å². The molecule has 0 aliphatic heterocycles. The number of hydrogen-bond acceptors (Lipinski definition) is 5. The lowest BCUT2D eigenvalue weighted by atomic mass is 10.0. The number of benzene rings is 2. The second-order valence-corrected chi connectivity index (χ2v) is 8.38. The third kappa shape index (κ3) is 5.65. The number of carbonyl (C=O) groups excluding carboxylic acids is 2. The van der Waals surface area contributed by atoms with E-state index < -0.39 is 5.97 Å². The van der Waals surface area contributed by atoms with Crippen LogP contribution in [0.15, 0.2) is 60.7 Å². The summed E-state index contributed by atoms with van der Waals surface area (Å²) in [5.74, 6) is -0.0832. The molecule has 0 aliphatic rings. The van der Waals surface area contributed by atoms with Crippen molar-refractivity contribution in [2.75, 3.05) is 19.0 Å². The van der Waals surface area contributed by atoms with Gasteiger partial charge in [-0.3, -0.25) is 4.79 Å². The van der Waals surface area contributed by atoms with E-state index in [1.165, 1.54) is 24.5 Å². The van der Waals surface area contributed by atoms with Crippen molar-refractivity contribution in [3.8, 4) is 16.9 Å². The Morgan fingerprint density at radius 3 is 2.50 bits per heavy atom. The van der Waals surface area contributed by atoms with Crippen molar-refractivity contribution in [3.05, 3.63) is 76.7 Å². The monoisotopic (exact) mass is 449 g/mol. The quantitative estimate of drug-likeness (QED) is 0.235. The van der Waals surface area contributed by atoms with E-state index in [9.17, 15) is 9.59 Å². The van der Waals surface area contributed by atoms with E-state index in [-0.39, 0.29) is 5.91 Å². The Kier molecular flexibility index (Phi) is 8.22. The fraction of sp³-hybridized carbons (Fsp3) is 0.231. The standard InChI is InChI=1S/C26H27NO4S/c1-4-5-17-31-21-14-10-9-11-19(21)15-16-22(28)27-25-24(26(29)30-3)23(18(2)32-25)20-12-7-6-8-13-20/h6-16H,4-5,17H2,1-3H3,(H,27,28)/b16-15+. The number of methoxy groups -OCH3 is 1. The molecular weight excluding hydrogens is 422 g/mol. The van der Waals surface area contributed by atoms with Crippen LogP contribution in [-0.2, 0) is 9.53 Å². The molecule has 1 N–H and O–H groups in total. The second-order valence-electron chi connectivity index (χ2n) is 7.16. The Morgan fingerprint density at radius 2 is 1.78 bits per heavy atom. The van der Waals surface area contributed by atoms with Gasteiger partial charge in [0.05, 0.1) is 13.7 Å². The fourth-order valence-corrected chi connectivity index (χ4v) is 4.34. The lowest BCUT2D eigenvalue weighted by Gasteiger charge is -2.08. The van der Waals surface area contributed by atoms with Gasteiger partial charge in [0.15, 0.2) is 0 Å². The minimum absolute atomic E-state index is 0.334. The number of unbranched alkanes of at least 4 members (excludes halogenated alkanes) is 1. The molecule has 1 heterocycles. The maximum Gasteiger partial charge on any atom is 0.341 e. The Balaban J connectivity index is 1.84. The van der Waals surface area contributed by atoms with E-state index in [0.29, 0.717) is 17.2 Å². The molecule has 0 bridgehead atoms. The summed E-state index contributed by atoms with van der Waals surface area (Å²) in [6, 6.07) is 17.2. The van der Waals surface area contributed by atoms with Crippen molar-refractivity contribution < 1.29 is 19.1 Å². The minimum Gasteiger partial charge on any atom is -0.493 e. The molecule has 2 aromatic carbocycles. The number of amides is 1. The van der Waals surface area contributed by atoms with Crippen molar-refractivity contribution in [1.29, 1.82) is 0 Å². The van der Waals surface area contributed by atoms with Crippen LogP contribution in [0.3, 0.4) is 0 Å². The molecule has 0 saturated carbocycles. The average molecular weight is 450 g/mol. The third-order valence-electron chi connectivity index (χ3n) is 4.86. The summed E-state index contributed by atoms with van der Waals surface area (Å²) >= 11 is 1.35. The maximum atomic E-state index is 12.7. The summed E-state index contributed by atoms with van der Waals surface area (Å²) < 4.78 is 10.8. The van der Waals surface area contributed by atoms with E-state index in [1.807, 2.05) is 61.5 Å². The van der Waals surface area contributed by atoms with Crippen molar-refractivity contribution >= 4 is 34.3 Å². The summed E-state index contributed by atoms with van der Waals surface area (Å²) in [6.45, 7) is 4.67. The van der Waals surface area contributed by atoms with Crippen molar-refractivity contribution in [1.82, 2.24) is 0 Å². The van der Waals surface area contributed by atoms with E-state index in [2.05, 4.69) is 12.2 Å². The highest BCUT2D eigenvalue weighted by Crippen LogP contribution is 2.40. The van der Waals surface area contributed by atoms with E-state index in [1.54, 1.807) is 6.08 Å². The van der Waals surface area contributed by atoms with Gasteiger partial charge in [-0.2, -0.15) is 0 Å². The molecule has 0 saturated heterocycles. The van der Waals surface area contributed by atoms with Gasteiger partial charge in [-0.05, 0) is 31.1 Å². The van der Waals surface area contributed by atoms with Crippen molar-refractivity contribution in [3.63, 3.8) is 0 Å². The molecule has 3 rings (SSSR count). The zero-order chi connectivity index (χ0) is 22.9. The molecule has 1 amide bonds. The van der Waals surface area contributed by atoms with Crippen LogP contribution in [0, 0.1) is 6.92 Å². The second kappa shape index (κ2) is 11.3. The molecule has 0 aliphatic carbocycles. The SMILES string of the molecule is CCCCOc1ccccc1/C=C/C(=O)Nc1sc(C)c(-c2ccccc2)c1C(=O)OC. The highest BCUT2D eigenvalue weighted by Gasteiger charge is 2.24. The van der Waals surface area contributed by atoms with Gasteiger partial charge in [0.25, 0.3) is 0 Å². The topological polar surface area (TPSA) is 64.6 Å². The number of thiophene rings is 1. The molecule has 0 atom stereocenters. The first kappa shape index (κ1) is 23.3. The molecule has 0 radical (unpaired) electrons. The van der Waals surface area contributed by atoms with Crippen molar-refractivity contribution in [2.45, 2.75) is 26.7 Å². The first-order valence-electron chi connectivity index (χ1n) is 10.5. The maximum absolute atomic E-state index is 12.7. The van der Waals surface area contributed by atoms with Gasteiger partial charge in [0.1, 0.15) is 16.3 Å². The van der Waals surface area contributed by atoms with Gasteiger partial charge in [-0.25, -0.2) is 4.79 Å². The number of esters is 1. The lowest BCUT2D eigenvalue weighted by Crippen LogP contribution is -2.11. The van der Waals surface area contributed by atoms with Gasteiger partial charge < -0.3 is 14.8 Å². The number of hydrogen-bond donors (Lipinski definition) is 1. The molecule has 1 aromatic heterocycles. The number of aryl methyl sites for hydroxylation is 1. The van der Waals surface area contributed by atoms with Crippen LogP contribution >= 0.6 is 11.3 Å². The largest absolute Gasteiger partial charge is 0.493 e. The van der Waals surface area contributed by atoms with Crippen LogP contribution in [0.1, 0.15) is 40.6 Å². The zero-order valence-electron chi connectivity index (χ0n) is 18.5. The molecular formula is C26H27NO4S. The summed E-state index contributed by atoms with van der Waals surface area (Å²) in [6.07, 6.45) is 5.18. The molecule has 3 aromatic rings. The number of rotatable bonds is 9. The number of para-hydroxylation sites is 1. The fourth-order valence-electron chi connectivity index (χ4n) is 3.28. The number of carbonyl (C=O) groups is 2. The molecule has 5 nitrogen and oxygen atoms in total. The smallest absolute Gasteiger partial charge is 0.341 e. The predicted octanol–water partition coefficient (Wildman–Crippen LogP) is 6.34. The van der Waals surface area contributed by atoms with E-state index >= 15 is 0 Å². The first-order valence-corrected chi connectivity index (χ1v) is 11.3. The Bertz CT molecular complexity index is 1100. The Morgan fingerprint density at radius 1 is 1.06 bits per heavy atom. The molecule has 0 fully saturated rings. The van der Waals surface area contributed by atoms with Crippen LogP contribution in [0.25, 0.3) is 17.2 Å². The van der Waals surface area contributed by atoms with Gasteiger partial charge in [0.2, 0.25) is 5.91 Å². The van der Waals surface area contributed by atoms with Crippen LogP contribution in [0.5, 0.6) is 5.75 Å². The summed E-state index contributed by atoms with van der Waals surface area (Å²) in [7, 11) is 1.34. The first-order chi connectivity index (χ1) is 15.5. The molecule has 0 unspecified atom stereocenters. The lowest BCUT2D eigenvalue weighted by molar-refractivity contribution is -0.111. The zero-order valence-corrected chi connectivity index (χ0v) is 19.3. The van der Waals surface area contributed by atoms with Gasteiger partial charge in [-0.15, -0.1) is 11.3 Å². The third-order valence-corrected chi connectivity index (χ3v) is 5.88. The number of anilines is 1. The van der Waals surface area contributed by atoms with Gasteiger partial charge >= 0.3 is 5.97 Å². The van der Waals surface area contributed by atoms with Gasteiger partial charge in [-0.1, -0.05) is 61.9 Å². The normalized spacial score (nSPS) is 10.8. The highest BCUT2D eigenvalue weighted by atomic mass is 32.1. The van der Waals surface area contributed by atoms with E-state index in [4.69, 9.17) is 9.47 Å². The number of nitrogens with one attached hydrogen (secondary N) is 1. The van der Waals surface area contributed by atoms with Crippen LogP contribution in [0.4, 0.5) is 5.00 Å². The average Bonchev–Trinajstić information content (AvgIpc) is 3.14. The van der Waals surface area contributed by atoms with Crippen LogP contribution in [-0.4, -0.2) is 25.6 Å². The predicted molar refractivity (Wildman–Crippen MR) is 130 cm³/mol. The van der Waals surface area contributed by atoms with Crippen molar-refractivity contribution in [2.24, 2.45) is 0 Å². The summed E-state index contributed by atoms with van der Waals surface area (Å²) in [5, 5.41) is 3.32. The minimum atomic E-state index is -0.484. The van der Waals surface area contributed by atoms with Gasteiger partial charge in [0, 0.05) is 22.1 Å². The summed E-state index contributed by atoms with van der Waals surface area (Å²) in [5.41, 5.74) is 2.86. The molecule has 6 heteroatoms.